The van der Waals surface area contributed by atoms with Crippen LogP contribution in [0.2, 0.25) is 0 Å². The number of amides is 1. The van der Waals surface area contributed by atoms with E-state index in [4.69, 9.17) is 5.11 Å². The van der Waals surface area contributed by atoms with E-state index in [2.05, 4.69) is 21.2 Å². The molecule has 0 spiro atoms. The standard InChI is InChI=1S/C12H15BrN2O2/c1-14-11(7-16)12(17)15-5-8-2-3-10(13)4-9(8)6-15/h2-4,11,14,16H,5-7H2,1H3/t11-/m1/s1. The highest BCUT2D eigenvalue weighted by molar-refractivity contribution is 9.10. The number of rotatable bonds is 3. The average Bonchev–Trinajstić information content (AvgIpc) is 2.73. The van der Waals surface area contributed by atoms with Crippen molar-refractivity contribution in [3.8, 4) is 0 Å². The van der Waals surface area contributed by atoms with Crippen molar-refractivity contribution in [2.75, 3.05) is 13.7 Å². The first-order valence-electron chi connectivity index (χ1n) is 5.50. The zero-order valence-electron chi connectivity index (χ0n) is 9.61. The van der Waals surface area contributed by atoms with Crippen LogP contribution in [0.5, 0.6) is 0 Å². The SMILES string of the molecule is CN[C@H](CO)C(=O)N1Cc2ccc(Br)cc2C1. The summed E-state index contributed by atoms with van der Waals surface area (Å²) in [5.74, 6) is -0.0534. The minimum absolute atomic E-state index is 0.0534. The summed E-state index contributed by atoms with van der Waals surface area (Å²) < 4.78 is 1.03. The molecule has 0 saturated heterocycles. The molecule has 4 nitrogen and oxygen atoms in total. The van der Waals surface area contributed by atoms with Crippen LogP contribution in [0.15, 0.2) is 22.7 Å². The molecule has 2 N–H and O–H groups in total. The Balaban J connectivity index is 2.12. The quantitative estimate of drug-likeness (QED) is 0.871. The fourth-order valence-corrected chi connectivity index (χ4v) is 2.44. The smallest absolute Gasteiger partial charge is 0.242 e. The van der Waals surface area contributed by atoms with E-state index in [1.165, 1.54) is 11.1 Å². The molecule has 1 aromatic carbocycles. The summed E-state index contributed by atoms with van der Waals surface area (Å²) in [4.78, 5) is 13.8. The topological polar surface area (TPSA) is 52.6 Å². The number of carbonyl (C=O) groups excluding carboxylic acids is 1. The fraction of sp³-hybridized carbons (Fsp3) is 0.417. The van der Waals surface area contributed by atoms with Gasteiger partial charge in [0.1, 0.15) is 6.04 Å². The molecule has 0 unspecified atom stereocenters. The van der Waals surface area contributed by atoms with Gasteiger partial charge in [0.2, 0.25) is 5.91 Å². The number of aliphatic hydroxyl groups excluding tert-OH is 1. The summed E-state index contributed by atoms with van der Waals surface area (Å²) in [6, 6.07) is 5.54. The monoisotopic (exact) mass is 298 g/mol. The van der Waals surface area contributed by atoms with Gasteiger partial charge in [-0.1, -0.05) is 22.0 Å². The van der Waals surface area contributed by atoms with Crippen molar-refractivity contribution >= 4 is 21.8 Å². The Morgan fingerprint density at radius 3 is 2.88 bits per heavy atom. The number of halogens is 1. The van der Waals surface area contributed by atoms with Gasteiger partial charge < -0.3 is 15.3 Å². The lowest BCUT2D eigenvalue weighted by Gasteiger charge is -2.21. The van der Waals surface area contributed by atoms with Crippen molar-refractivity contribution in [3.63, 3.8) is 0 Å². The summed E-state index contributed by atoms with van der Waals surface area (Å²) in [5, 5.41) is 11.9. The van der Waals surface area contributed by atoms with Crippen molar-refractivity contribution in [1.82, 2.24) is 10.2 Å². The van der Waals surface area contributed by atoms with Gasteiger partial charge in [0.15, 0.2) is 0 Å². The lowest BCUT2D eigenvalue weighted by Crippen LogP contribution is -2.45. The number of fused-ring (bicyclic) bond motifs is 1. The van der Waals surface area contributed by atoms with Gasteiger partial charge in [0, 0.05) is 17.6 Å². The van der Waals surface area contributed by atoms with Crippen molar-refractivity contribution in [2.45, 2.75) is 19.1 Å². The minimum Gasteiger partial charge on any atom is -0.394 e. The lowest BCUT2D eigenvalue weighted by atomic mass is 10.1. The Hall–Kier alpha value is -0.910. The van der Waals surface area contributed by atoms with Crippen molar-refractivity contribution < 1.29 is 9.90 Å². The maximum atomic E-state index is 12.1. The molecule has 92 valence electrons. The number of nitrogens with zero attached hydrogens (tertiary/aromatic N) is 1. The molecule has 1 aromatic rings. The molecule has 0 saturated carbocycles. The van der Waals surface area contributed by atoms with E-state index in [0.717, 1.165) is 4.47 Å². The molecular weight excluding hydrogens is 284 g/mol. The number of aliphatic hydroxyl groups is 1. The first kappa shape index (κ1) is 12.5. The summed E-state index contributed by atoms with van der Waals surface area (Å²) in [6.45, 7) is 1.07. The van der Waals surface area contributed by atoms with Crippen LogP contribution in [-0.4, -0.2) is 35.6 Å². The van der Waals surface area contributed by atoms with Gasteiger partial charge in [0.05, 0.1) is 6.61 Å². The molecule has 17 heavy (non-hydrogen) atoms. The van der Waals surface area contributed by atoms with Gasteiger partial charge in [-0.15, -0.1) is 0 Å². The summed E-state index contributed by atoms with van der Waals surface area (Å²) >= 11 is 3.42. The third-order valence-corrected chi connectivity index (χ3v) is 3.52. The average molecular weight is 299 g/mol. The second-order valence-electron chi connectivity index (χ2n) is 4.13. The molecule has 1 aliphatic rings. The molecule has 0 aromatic heterocycles. The highest BCUT2D eigenvalue weighted by Crippen LogP contribution is 2.26. The van der Waals surface area contributed by atoms with Crippen LogP contribution in [-0.2, 0) is 17.9 Å². The summed E-state index contributed by atoms with van der Waals surface area (Å²) in [7, 11) is 1.68. The number of likely N-dealkylation sites (N-methyl/N-ethyl adjacent to an activating group) is 1. The molecular formula is C12H15BrN2O2. The molecule has 1 aliphatic heterocycles. The van der Waals surface area contributed by atoms with E-state index in [9.17, 15) is 4.79 Å². The van der Waals surface area contributed by atoms with E-state index >= 15 is 0 Å². The van der Waals surface area contributed by atoms with Gasteiger partial charge in [-0.3, -0.25) is 4.79 Å². The third-order valence-electron chi connectivity index (χ3n) is 3.03. The minimum atomic E-state index is -0.507. The van der Waals surface area contributed by atoms with Gasteiger partial charge in [0.25, 0.3) is 0 Å². The highest BCUT2D eigenvalue weighted by atomic mass is 79.9. The van der Waals surface area contributed by atoms with Gasteiger partial charge in [-0.25, -0.2) is 0 Å². The van der Waals surface area contributed by atoms with Gasteiger partial charge in [-0.05, 0) is 30.3 Å². The summed E-state index contributed by atoms with van der Waals surface area (Å²) in [6.07, 6.45) is 0. The van der Waals surface area contributed by atoms with Gasteiger partial charge in [-0.2, -0.15) is 0 Å². The van der Waals surface area contributed by atoms with Crippen LogP contribution < -0.4 is 5.32 Å². The van der Waals surface area contributed by atoms with E-state index < -0.39 is 6.04 Å². The number of benzene rings is 1. The highest BCUT2D eigenvalue weighted by Gasteiger charge is 2.27. The van der Waals surface area contributed by atoms with Crippen LogP contribution in [0, 0.1) is 0 Å². The molecule has 1 heterocycles. The Labute approximate surface area is 109 Å². The molecule has 0 radical (unpaired) electrons. The Bertz CT molecular complexity index is 433. The van der Waals surface area contributed by atoms with Crippen molar-refractivity contribution in [1.29, 1.82) is 0 Å². The van der Waals surface area contributed by atoms with Crippen LogP contribution in [0.25, 0.3) is 0 Å². The van der Waals surface area contributed by atoms with Crippen molar-refractivity contribution in [3.05, 3.63) is 33.8 Å². The first-order chi connectivity index (χ1) is 8.15. The summed E-state index contributed by atoms with van der Waals surface area (Å²) in [5.41, 5.74) is 2.34. The van der Waals surface area contributed by atoms with E-state index in [-0.39, 0.29) is 12.5 Å². The molecule has 0 aliphatic carbocycles. The van der Waals surface area contributed by atoms with Crippen LogP contribution in [0.1, 0.15) is 11.1 Å². The van der Waals surface area contributed by atoms with E-state index in [1.807, 2.05) is 18.2 Å². The molecule has 0 fully saturated rings. The fourth-order valence-electron chi connectivity index (χ4n) is 2.03. The van der Waals surface area contributed by atoms with Crippen LogP contribution in [0.4, 0.5) is 0 Å². The number of carbonyl (C=O) groups is 1. The second-order valence-corrected chi connectivity index (χ2v) is 5.05. The molecule has 1 amide bonds. The largest absolute Gasteiger partial charge is 0.394 e. The maximum absolute atomic E-state index is 12.1. The van der Waals surface area contributed by atoms with Crippen LogP contribution >= 0.6 is 15.9 Å². The Morgan fingerprint density at radius 1 is 1.53 bits per heavy atom. The zero-order chi connectivity index (χ0) is 12.4. The number of hydrogen-bond acceptors (Lipinski definition) is 3. The first-order valence-corrected chi connectivity index (χ1v) is 6.29. The zero-order valence-corrected chi connectivity index (χ0v) is 11.2. The normalized spacial score (nSPS) is 15.8. The third kappa shape index (κ3) is 2.51. The predicted octanol–water partition coefficient (Wildman–Crippen LogP) is 0.872. The molecule has 1 atom stereocenters. The van der Waals surface area contributed by atoms with Crippen molar-refractivity contribution in [2.24, 2.45) is 0 Å². The van der Waals surface area contributed by atoms with E-state index in [0.29, 0.717) is 13.1 Å². The number of nitrogens with one attached hydrogen (secondary N) is 1. The number of hydrogen-bond donors (Lipinski definition) is 2. The predicted molar refractivity (Wildman–Crippen MR) is 68.3 cm³/mol. The maximum Gasteiger partial charge on any atom is 0.242 e. The molecule has 5 heteroatoms. The Morgan fingerprint density at radius 2 is 2.24 bits per heavy atom. The lowest BCUT2D eigenvalue weighted by molar-refractivity contribution is -0.134. The molecule has 0 bridgehead atoms. The van der Waals surface area contributed by atoms with Gasteiger partial charge >= 0.3 is 0 Å². The second kappa shape index (κ2) is 5.16. The van der Waals surface area contributed by atoms with E-state index in [1.54, 1.807) is 11.9 Å². The Kier molecular flexibility index (Phi) is 3.81. The molecule has 2 rings (SSSR count). The van der Waals surface area contributed by atoms with Crippen LogP contribution in [0.3, 0.4) is 0 Å².